The summed E-state index contributed by atoms with van der Waals surface area (Å²) in [6, 6.07) is 10.2. The molecule has 2 aromatic heterocycles. The summed E-state index contributed by atoms with van der Waals surface area (Å²) in [6.07, 6.45) is 1.56. The van der Waals surface area contributed by atoms with Gasteiger partial charge in [-0.3, -0.25) is 23.9 Å². The number of hydrazone groups is 1. The van der Waals surface area contributed by atoms with Crippen LogP contribution in [0.1, 0.15) is 11.1 Å². The minimum absolute atomic E-state index is 0.0602. The van der Waals surface area contributed by atoms with Crippen molar-refractivity contribution in [3.63, 3.8) is 0 Å². The molecule has 4 aromatic rings. The highest BCUT2D eigenvalue weighted by molar-refractivity contribution is 7.80. The molecule has 4 rings (SSSR count). The second-order valence-electron chi connectivity index (χ2n) is 8.06. The summed E-state index contributed by atoms with van der Waals surface area (Å²) < 4.78 is 15.5. The lowest BCUT2D eigenvalue weighted by Gasteiger charge is -2.13. The molecule has 0 radical (unpaired) electrons. The number of hydrogen-bond acceptors (Lipinski definition) is 7. The third kappa shape index (κ3) is 5.37. The Morgan fingerprint density at radius 2 is 1.89 bits per heavy atom. The summed E-state index contributed by atoms with van der Waals surface area (Å²) >= 11 is 17.5. The van der Waals surface area contributed by atoms with Crippen molar-refractivity contribution >= 4 is 57.9 Å². The molecule has 2 N–H and O–H groups in total. The molecule has 0 saturated heterocycles. The fourth-order valence-electron chi connectivity index (χ4n) is 3.64. The van der Waals surface area contributed by atoms with Gasteiger partial charge in [-0.2, -0.15) is 10.1 Å². The number of nitrogens with one attached hydrogen (secondary N) is 2. The molecule has 0 bridgehead atoms. The average molecular weight is 576 g/mol. The van der Waals surface area contributed by atoms with Crippen LogP contribution in [0.5, 0.6) is 17.5 Å². The van der Waals surface area contributed by atoms with E-state index in [2.05, 4.69) is 20.8 Å². The number of methoxy groups -OCH3 is 1. The quantitative estimate of drug-likeness (QED) is 0.196. The molecule has 0 spiro atoms. The van der Waals surface area contributed by atoms with Gasteiger partial charge in [0.25, 0.3) is 5.56 Å². The molecule has 0 atom stereocenters. The van der Waals surface area contributed by atoms with E-state index >= 15 is 0 Å². The first kappa shape index (κ1) is 27.2. The topological polar surface area (TPSA) is 117 Å². The van der Waals surface area contributed by atoms with Crippen molar-refractivity contribution < 1.29 is 9.47 Å². The van der Waals surface area contributed by atoms with Crippen LogP contribution in [0.25, 0.3) is 11.2 Å². The Morgan fingerprint density at radius 1 is 1.13 bits per heavy atom. The van der Waals surface area contributed by atoms with Crippen molar-refractivity contribution in [2.45, 2.75) is 6.54 Å². The van der Waals surface area contributed by atoms with Crippen molar-refractivity contribution in [3.05, 3.63) is 78.4 Å². The number of halogens is 2. The lowest BCUT2D eigenvalue weighted by molar-refractivity contribution is 0.361. The molecule has 0 amide bonds. The Balaban J connectivity index is 1.82. The predicted octanol–water partition coefficient (Wildman–Crippen LogP) is 3.02. The molecular formula is C24H23Cl2N7O4S. The molecule has 0 fully saturated rings. The van der Waals surface area contributed by atoms with Gasteiger partial charge < -0.3 is 14.8 Å². The van der Waals surface area contributed by atoms with Gasteiger partial charge in [0.05, 0.1) is 19.9 Å². The summed E-state index contributed by atoms with van der Waals surface area (Å²) in [5, 5.41) is 8.06. The van der Waals surface area contributed by atoms with Crippen molar-refractivity contribution in [2.75, 3.05) is 14.2 Å². The molecule has 38 heavy (non-hydrogen) atoms. The fourth-order valence-corrected chi connectivity index (χ4v) is 4.16. The molecule has 11 nitrogen and oxygen atoms in total. The normalized spacial score (nSPS) is 11.2. The van der Waals surface area contributed by atoms with E-state index in [1.807, 2.05) is 0 Å². The Bertz CT molecular complexity index is 1690. The van der Waals surface area contributed by atoms with Gasteiger partial charge >= 0.3 is 11.7 Å². The Labute approximate surface area is 232 Å². The second kappa shape index (κ2) is 11.3. The first-order valence-electron chi connectivity index (χ1n) is 11.1. The third-order valence-electron chi connectivity index (χ3n) is 5.65. The number of ether oxygens (including phenoxy) is 2. The lowest BCUT2D eigenvalue weighted by atomic mass is 10.2. The van der Waals surface area contributed by atoms with E-state index in [4.69, 9.17) is 44.9 Å². The number of thiocarbonyl (C=S) groups is 1. The Kier molecular flexibility index (Phi) is 8.05. The monoisotopic (exact) mass is 575 g/mol. The summed E-state index contributed by atoms with van der Waals surface area (Å²) in [5.41, 5.74) is 3.33. The zero-order chi connectivity index (χ0) is 27.6. The number of hydrogen-bond donors (Lipinski definition) is 2. The van der Waals surface area contributed by atoms with Crippen LogP contribution in [0.3, 0.4) is 0 Å². The maximum atomic E-state index is 13.2. The van der Waals surface area contributed by atoms with Gasteiger partial charge in [-0.25, -0.2) is 4.79 Å². The van der Waals surface area contributed by atoms with Crippen LogP contribution < -0.4 is 31.5 Å². The molecule has 0 unspecified atom stereocenters. The molecule has 2 aromatic carbocycles. The Morgan fingerprint density at radius 3 is 2.58 bits per heavy atom. The van der Waals surface area contributed by atoms with Crippen molar-refractivity contribution in [2.24, 2.45) is 19.2 Å². The van der Waals surface area contributed by atoms with Crippen molar-refractivity contribution in [1.82, 2.24) is 29.4 Å². The number of nitrogens with zero attached hydrogens (tertiary/aromatic N) is 5. The molecular weight excluding hydrogens is 553 g/mol. The van der Waals surface area contributed by atoms with Gasteiger partial charge in [-0.05, 0) is 53.7 Å². The summed E-state index contributed by atoms with van der Waals surface area (Å²) in [7, 11) is 6.11. The number of aromatic nitrogens is 4. The molecule has 198 valence electrons. The van der Waals surface area contributed by atoms with E-state index in [0.717, 1.165) is 4.57 Å². The predicted molar refractivity (Wildman–Crippen MR) is 151 cm³/mol. The van der Waals surface area contributed by atoms with Gasteiger partial charge in [0.15, 0.2) is 27.8 Å². The molecule has 0 saturated carbocycles. The smallest absolute Gasteiger partial charge is 0.332 e. The highest BCUT2D eigenvalue weighted by atomic mass is 35.5. The fraction of sp³-hybridized carbons (Fsp3) is 0.208. The minimum atomic E-state index is -0.527. The second-order valence-corrected chi connectivity index (χ2v) is 9.31. The van der Waals surface area contributed by atoms with Gasteiger partial charge in [-0.1, -0.05) is 29.3 Å². The molecule has 2 heterocycles. The summed E-state index contributed by atoms with van der Waals surface area (Å²) in [4.78, 5) is 30.2. The van der Waals surface area contributed by atoms with E-state index in [1.165, 1.54) is 25.8 Å². The van der Waals surface area contributed by atoms with Gasteiger partial charge in [0.1, 0.15) is 0 Å². The summed E-state index contributed by atoms with van der Waals surface area (Å²) in [5.74, 6) is 0.707. The highest BCUT2D eigenvalue weighted by Crippen LogP contribution is 2.33. The molecule has 0 aliphatic heterocycles. The van der Waals surface area contributed by atoms with Gasteiger partial charge in [0, 0.05) is 31.2 Å². The van der Waals surface area contributed by atoms with Crippen molar-refractivity contribution in [1.29, 1.82) is 0 Å². The van der Waals surface area contributed by atoms with E-state index < -0.39 is 11.2 Å². The molecule has 0 aliphatic carbocycles. The standard InChI is InChI=1S/C24H23Cl2N7O4S/c1-27-22(38)30-28-11-13-5-8-17(18(9-13)36-4)37-23-29-20-19(21(34)32(3)24(35)31(20)2)33(23)12-14-6-7-15(25)10-16(14)26/h5-11H,12H2,1-4H3,(H2,27,30,38). The van der Waals surface area contributed by atoms with Crippen LogP contribution in [0.15, 0.2) is 51.1 Å². The maximum absolute atomic E-state index is 13.2. The SMILES string of the molecule is CNC(=S)NN=Cc1ccc(Oc2nc3c(c(=O)n(C)c(=O)n3C)n2Cc2ccc(Cl)cc2Cl)c(OC)c1. The van der Waals surface area contributed by atoms with Crippen molar-refractivity contribution in [3.8, 4) is 17.5 Å². The van der Waals surface area contributed by atoms with Crippen LogP contribution in [-0.4, -0.2) is 44.2 Å². The highest BCUT2D eigenvalue weighted by Gasteiger charge is 2.22. The largest absolute Gasteiger partial charge is 0.493 e. The number of aryl methyl sites for hydroxylation is 1. The van der Waals surface area contributed by atoms with Crippen LogP contribution in [0, 0.1) is 0 Å². The number of rotatable bonds is 7. The van der Waals surface area contributed by atoms with Gasteiger partial charge in [0.2, 0.25) is 0 Å². The number of fused-ring (bicyclic) bond motifs is 1. The molecule has 0 aliphatic rings. The van der Waals surface area contributed by atoms with E-state index in [-0.39, 0.29) is 23.7 Å². The first-order chi connectivity index (χ1) is 18.1. The third-order valence-corrected chi connectivity index (χ3v) is 6.53. The maximum Gasteiger partial charge on any atom is 0.332 e. The minimum Gasteiger partial charge on any atom is -0.493 e. The number of imidazole rings is 1. The lowest BCUT2D eigenvalue weighted by Crippen LogP contribution is -2.37. The zero-order valence-corrected chi connectivity index (χ0v) is 23.1. The Hall–Kier alpha value is -3.87. The van der Waals surface area contributed by atoms with Crippen LogP contribution in [-0.2, 0) is 20.6 Å². The van der Waals surface area contributed by atoms with Crippen LogP contribution >= 0.6 is 35.4 Å². The van der Waals surface area contributed by atoms with E-state index in [1.54, 1.807) is 54.2 Å². The number of benzene rings is 2. The molecule has 14 heteroatoms. The van der Waals surface area contributed by atoms with E-state index in [0.29, 0.717) is 37.8 Å². The zero-order valence-electron chi connectivity index (χ0n) is 20.8. The van der Waals surface area contributed by atoms with Crippen LogP contribution in [0.4, 0.5) is 0 Å². The van der Waals surface area contributed by atoms with E-state index in [9.17, 15) is 9.59 Å². The van der Waals surface area contributed by atoms with Gasteiger partial charge in [-0.15, -0.1) is 0 Å². The first-order valence-corrected chi connectivity index (χ1v) is 12.3. The summed E-state index contributed by atoms with van der Waals surface area (Å²) in [6.45, 7) is 0.124. The van der Waals surface area contributed by atoms with Crippen LogP contribution in [0.2, 0.25) is 10.0 Å². The average Bonchev–Trinajstić information content (AvgIpc) is 3.26.